The van der Waals surface area contributed by atoms with Crippen molar-refractivity contribution in [1.29, 1.82) is 0 Å². The monoisotopic (exact) mass is 2200 g/mol. The summed E-state index contributed by atoms with van der Waals surface area (Å²) in [5.41, 5.74) is 21.7. The number of halogens is 5. The Morgan fingerprint density at radius 3 is 1.32 bits per heavy atom. The first kappa shape index (κ1) is 98.8. The lowest BCUT2D eigenvalue weighted by Crippen LogP contribution is -2.43. The molecule has 1 aliphatic heterocycles. The van der Waals surface area contributed by atoms with Crippen molar-refractivity contribution < 1.29 is 52.0 Å². The second kappa shape index (κ2) is 40.6. The molecule has 0 aliphatic carbocycles. The lowest BCUT2D eigenvalue weighted by molar-refractivity contribution is -0.384. The van der Waals surface area contributed by atoms with Crippen LogP contribution in [0.25, 0.3) is 93.4 Å². The third-order valence-electron chi connectivity index (χ3n) is 24.3. The number of H-pyrrole nitrogens is 3. The van der Waals surface area contributed by atoms with E-state index in [0.29, 0.717) is 108 Å². The van der Waals surface area contributed by atoms with Gasteiger partial charge in [-0.05, 0) is 208 Å². The zero-order valence-electron chi connectivity index (χ0n) is 76.2. The summed E-state index contributed by atoms with van der Waals surface area (Å²) in [4.78, 5) is 180. The number of carbonyl (C=O) groups excluding carboxylic acids is 5. The first-order valence-electron chi connectivity index (χ1n) is 44.2. The summed E-state index contributed by atoms with van der Waals surface area (Å²) in [6.07, 6.45) is -0.00725. The summed E-state index contributed by atoms with van der Waals surface area (Å²) in [6, 6.07) is 80.3. The summed E-state index contributed by atoms with van der Waals surface area (Å²) in [5.74, 6) is -3.98. The van der Waals surface area contributed by atoms with E-state index in [0.717, 1.165) is 39.8 Å². The molecule has 0 bridgehead atoms. The largest absolute Gasteiger partial charge is 0.497 e. The van der Waals surface area contributed by atoms with Crippen LogP contribution < -0.4 is 70.6 Å². The number of amides is 5. The number of rotatable bonds is 20. The van der Waals surface area contributed by atoms with Crippen molar-refractivity contribution in [2.75, 3.05) is 30.5 Å². The summed E-state index contributed by atoms with van der Waals surface area (Å²) in [6.45, 7) is 0.599. The van der Waals surface area contributed by atoms with Gasteiger partial charge in [0.05, 0.1) is 96.0 Å². The molecule has 5 amide bonds. The number of carbonyl (C=O) groups is 6. The lowest BCUT2D eigenvalue weighted by atomic mass is 9.97. The van der Waals surface area contributed by atoms with E-state index in [1.807, 2.05) is 54.6 Å². The molecule has 0 atom stereocenters. The number of ether oxygens (including phenoxy) is 1. The summed E-state index contributed by atoms with van der Waals surface area (Å²) >= 11 is 22.6. The molecule has 13 aromatic carbocycles. The molecule has 8 heterocycles. The number of hydrogen-bond donors (Lipinski definition) is 9. The van der Waals surface area contributed by atoms with E-state index in [9.17, 15) is 81.2 Å². The SMILES string of the molecule is CNC(=O)c1c(-n2c(=O)[nH]c3ccccc3c2=O)c2cc(Cl)ccc2n1Cc1cccc(N)c1.COc1ccc(Cn2c(C(=O)O)c(N3C(=O)Cc4ccccc4C3=O)c3cc(Cl)ccc32)cc1.NC(=O)c1c(-n2c(=O)[nH]c3ccccc3c2=O)c2cc(Br)ccc2n1Cc1cccc(N)c1.O=C(NS(=O)(=O)c1ccccc1Br)c1c(-n2c(=O)[nH]c3ccccc3c2=O)c2cc(Br)ccc2n1Cc1cccc([N+](=O)[O-])c1. The van der Waals surface area contributed by atoms with Gasteiger partial charge in [-0.2, -0.15) is 0 Å². The number of sulfonamides is 1. The van der Waals surface area contributed by atoms with E-state index >= 15 is 0 Å². The van der Waals surface area contributed by atoms with Crippen LogP contribution in [-0.4, -0.2) is 115 Å². The number of nitrogens with two attached hydrogens (primary N) is 3. The van der Waals surface area contributed by atoms with Gasteiger partial charge in [-0.3, -0.25) is 48.5 Å². The van der Waals surface area contributed by atoms with Crippen molar-refractivity contribution in [2.24, 2.45) is 5.73 Å². The number of nitro benzene ring substituents is 1. The van der Waals surface area contributed by atoms with Crippen molar-refractivity contribution in [2.45, 2.75) is 37.5 Å². The van der Waals surface area contributed by atoms with Crippen LogP contribution in [0, 0.1) is 10.1 Å². The van der Waals surface area contributed by atoms with Crippen LogP contribution in [-0.2, 0) is 47.4 Å². The summed E-state index contributed by atoms with van der Waals surface area (Å²) in [5, 5.41) is 27.7. The fourth-order valence-corrected chi connectivity index (χ4v) is 21.0. The number of imide groups is 1. The molecule has 0 saturated heterocycles. The number of hydrogen-bond acceptors (Lipinski definition) is 19. The van der Waals surface area contributed by atoms with E-state index in [1.54, 1.807) is 215 Å². The number of aromatic nitrogens is 10. The number of carboxylic acid groups (broad SMARTS) is 1. The Bertz CT molecular complexity index is 9450. The number of non-ortho nitro benzene ring substituents is 1. The van der Waals surface area contributed by atoms with Crippen LogP contribution in [0.15, 0.2) is 338 Å². The Morgan fingerprint density at radius 1 is 0.452 bits per heavy atom. The maximum Gasteiger partial charge on any atom is 0.354 e. The van der Waals surface area contributed by atoms with Crippen LogP contribution >= 0.6 is 71.0 Å². The standard InChI is InChI=1S/C30H19Br2N5O7S.C26H19ClN2O5.C25H20ClN5O3.C24H18BrN5O3/c31-18-12-13-24-21(15-18)26(36-29(39)20-8-1-3-10-23(20)33-30(36)40)27(35(24)16-17-6-5-7-19(14-17)37(41)42)28(38)34-45(43,44)25-11-4-2-9-22(25)32;1-34-18-9-6-15(7-10-18)14-28-21-11-8-17(27)13-20(21)23(24(28)26(32)33)29-22(30)12-16-4-2-3-5-19(16)25(29)31;1-28-23(32)22-21(31-24(33)17-7-2-3-8-19(17)29-25(31)34)18-12-15(26)9-10-20(18)30(22)13-14-5-4-6-16(27)11-14;25-14-8-9-19-17(11-14)20(30-23(32)16-6-1-2-7-18(16)28-24(30)33)21(22(27)31)29(19)12-13-4-3-5-15(26)10-13/h1-15H,16H2,(H,33,40)(H,34,38);2-11,13H,12,14H2,1H3,(H,32,33);2-12H,13,27H2,1H3,(H,28,32)(H,29,34);1-11H,12,26H2,(H2,27,31)(H,28,33). The second-order valence-electron chi connectivity index (χ2n) is 33.4. The number of nitrogen functional groups attached to an aromatic ring is 2. The van der Waals surface area contributed by atoms with Crippen molar-refractivity contribution in [1.82, 2.24) is 57.0 Å². The van der Waals surface area contributed by atoms with Crippen molar-refractivity contribution in [3.8, 4) is 22.8 Å². The highest BCUT2D eigenvalue weighted by molar-refractivity contribution is 9.11. The first-order chi connectivity index (χ1) is 70.1. The van der Waals surface area contributed by atoms with Crippen LogP contribution in [0.3, 0.4) is 0 Å². The fraction of sp³-hybridized carbons (Fsp3) is 0.0667. The number of para-hydroxylation sites is 3. The smallest absolute Gasteiger partial charge is 0.354 e. The van der Waals surface area contributed by atoms with Gasteiger partial charge in [0.2, 0.25) is 5.91 Å². The van der Waals surface area contributed by atoms with E-state index in [-0.39, 0.29) is 109 Å². The topological polar surface area (TPSA) is 499 Å². The lowest BCUT2D eigenvalue weighted by Gasteiger charge is -2.27. The van der Waals surface area contributed by atoms with E-state index in [1.165, 1.54) is 54.1 Å². The Kier molecular flexibility index (Phi) is 27.4. The highest BCUT2D eigenvalue weighted by atomic mass is 79.9. The van der Waals surface area contributed by atoms with Gasteiger partial charge >= 0.3 is 23.0 Å². The number of benzene rings is 13. The van der Waals surface area contributed by atoms with Crippen LogP contribution in [0.2, 0.25) is 10.0 Å². The molecule has 35 nitrogen and oxygen atoms in total. The molecule has 21 rings (SSSR count). The van der Waals surface area contributed by atoms with Gasteiger partial charge in [-0.1, -0.05) is 170 Å². The molecule has 730 valence electrons. The minimum atomic E-state index is -4.48. The number of nitrogens with zero attached hydrogens (tertiary/aromatic N) is 9. The average molecular weight is 2210 g/mol. The Balaban J connectivity index is 0.000000129. The normalized spacial score (nSPS) is 11.8. The number of anilines is 3. The molecule has 146 heavy (non-hydrogen) atoms. The molecule has 12 N–H and O–H groups in total. The van der Waals surface area contributed by atoms with E-state index < -0.39 is 84.2 Å². The fourth-order valence-electron chi connectivity index (χ4n) is 18.0. The third kappa shape index (κ3) is 19.0. The van der Waals surface area contributed by atoms with Gasteiger partial charge in [-0.15, -0.1) is 0 Å². The molecular formula is C105H76Br3Cl2N17O18S. The molecule has 0 unspecified atom stereocenters. The van der Waals surface area contributed by atoms with E-state index in [2.05, 4.69) is 72.8 Å². The molecule has 41 heteroatoms. The van der Waals surface area contributed by atoms with Gasteiger partial charge in [0.15, 0.2) is 5.69 Å². The van der Waals surface area contributed by atoms with Gasteiger partial charge in [0.25, 0.3) is 56.0 Å². The maximum atomic E-state index is 14.2. The van der Waals surface area contributed by atoms with Crippen molar-refractivity contribution in [3.05, 3.63) is 443 Å². The molecule has 0 radical (unpaired) electrons. The number of nitro groups is 1. The van der Waals surface area contributed by atoms with Crippen LogP contribution in [0.1, 0.15) is 80.1 Å². The van der Waals surface area contributed by atoms with Gasteiger partial charge in [0, 0.05) is 107 Å². The number of methoxy groups -OCH3 is 1. The number of aromatic amines is 3. The molecule has 7 aromatic heterocycles. The van der Waals surface area contributed by atoms with Gasteiger partial charge in [-0.25, -0.2) is 50.9 Å². The van der Waals surface area contributed by atoms with Crippen molar-refractivity contribution >= 4 is 216 Å². The highest BCUT2D eigenvalue weighted by Gasteiger charge is 2.40. The van der Waals surface area contributed by atoms with Crippen molar-refractivity contribution in [3.63, 3.8) is 0 Å². The quantitative estimate of drug-likeness (QED) is 0.0148. The molecule has 0 saturated carbocycles. The highest BCUT2D eigenvalue weighted by Crippen LogP contribution is 2.42. The van der Waals surface area contributed by atoms with Crippen LogP contribution in [0.4, 0.5) is 22.7 Å². The number of primary amides is 1. The Hall–Kier alpha value is -17.4. The molecule has 20 aromatic rings. The van der Waals surface area contributed by atoms with Gasteiger partial charge in [0.1, 0.15) is 27.7 Å². The predicted octanol–water partition coefficient (Wildman–Crippen LogP) is 16.4. The Morgan fingerprint density at radius 2 is 0.856 bits per heavy atom. The molecular weight excluding hydrogens is 2130 g/mol. The molecule has 0 spiro atoms. The molecule has 0 fully saturated rings. The summed E-state index contributed by atoms with van der Waals surface area (Å²) in [7, 11) is -1.41. The minimum Gasteiger partial charge on any atom is -0.497 e. The minimum absolute atomic E-state index is 0.00725. The number of aromatic carboxylic acids is 1. The summed E-state index contributed by atoms with van der Waals surface area (Å²) < 4.78 is 44.9. The van der Waals surface area contributed by atoms with E-state index in [4.69, 9.17) is 45.1 Å². The average Bonchev–Trinajstić information content (AvgIpc) is 1.56. The molecule has 1 aliphatic rings. The third-order valence-corrected chi connectivity index (χ3v) is 28.1. The first-order valence-corrected chi connectivity index (χ1v) is 48.8. The predicted molar refractivity (Wildman–Crippen MR) is 568 cm³/mol. The Labute approximate surface area is 858 Å². The number of nitrogens with one attached hydrogen (secondary N) is 5. The number of fused-ring (bicyclic) bond motifs is 8. The zero-order chi connectivity index (χ0) is 103. The zero-order valence-corrected chi connectivity index (χ0v) is 83.3. The van der Waals surface area contributed by atoms with Gasteiger partial charge < -0.3 is 65.6 Å². The maximum absolute atomic E-state index is 14.2. The second-order valence-corrected chi connectivity index (χ2v) is 38.6. The van der Waals surface area contributed by atoms with Crippen LogP contribution in [0.5, 0.6) is 5.75 Å². The number of carboxylic acids is 1.